The predicted octanol–water partition coefficient (Wildman–Crippen LogP) is 12.0. The highest BCUT2D eigenvalue weighted by Crippen LogP contribution is 2.38. The second kappa shape index (κ2) is 28.5. The molecule has 416 valence electrons. The maximum atomic E-state index is 12.6. The Morgan fingerprint density at radius 2 is 1.42 bits per heavy atom. The average Bonchev–Trinajstić information content (AvgIpc) is 3.80. The van der Waals surface area contributed by atoms with Crippen LogP contribution in [0.1, 0.15) is 68.6 Å². The molecule has 2 unspecified atom stereocenters. The fourth-order valence-corrected chi connectivity index (χ4v) is 10.4. The van der Waals surface area contributed by atoms with Crippen LogP contribution in [-0.4, -0.2) is 103 Å². The van der Waals surface area contributed by atoms with Crippen LogP contribution < -0.4 is 25.6 Å². The van der Waals surface area contributed by atoms with Gasteiger partial charge in [0.25, 0.3) is 5.91 Å². The molecule has 0 bridgehead atoms. The van der Waals surface area contributed by atoms with E-state index >= 15 is 0 Å². The number of carbonyl (C=O) groups excluding carboxylic acids is 1. The first-order valence-corrected chi connectivity index (χ1v) is 27.5. The molecule has 1 amide bonds. The van der Waals surface area contributed by atoms with Gasteiger partial charge >= 0.3 is 0 Å². The minimum absolute atomic E-state index is 0. The summed E-state index contributed by atoms with van der Waals surface area (Å²) in [6, 6.07) is 61.6. The molecule has 81 heavy (non-hydrogen) atoms. The number of para-hydroxylation sites is 1. The molecule has 7 aromatic carbocycles. The van der Waals surface area contributed by atoms with Gasteiger partial charge in [-0.15, -0.1) is 12.4 Å². The number of aliphatic hydroxyl groups is 1. The number of fused-ring (bicyclic) bond motifs is 7. The lowest BCUT2D eigenvalue weighted by Crippen LogP contribution is -2.47. The number of benzene rings is 7. The van der Waals surface area contributed by atoms with Crippen molar-refractivity contribution in [1.82, 2.24) is 20.5 Å². The molecule has 13 nitrogen and oxygen atoms in total. The number of aliphatic hydroxyl groups excluding tert-OH is 1. The summed E-state index contributed by atoms with van der Waals surface area (Å²) in [5, 5.41) is 32.3. The summed E-state index contributed by atoms with van der Waals surface area (Å²) in [6.45, 7) is 6.43. The Morgan fingerprint density at radius 3 is 2.14 bits per heavy atom. The van der Waals surface area contributed by atoms with Crippen LogP contribution in [0.2, 0.25) is 10.0 Å². The monoisotopic (exact) mass is 1140 g/mol. The Labute approximate surface area is 490 Å². The first kappa shape index (κ1) is 59.2. The number of benzodiazepines with no additional fused rings is 1. The zero-order chi connectivity index (χ0) is 56.0. The van der Waals surface area contributed by atoms with Gasteiger partial charge in [0.2, 0.25) is 18.5 Å². The molecular formula is C65H66Cl3N9O4. The van der Waals surface area contributed by atoms with E-state index in [4.69, 9.17) is 27.9 Å². The number of ether oxygens (including phenoxy) is 1. The zero-order valence-electron chi connectivity index (χ0n) is 45.7. The van der Waals surface area contributed by atoms with E-state index in [0.717, 1.165) is 71.9 Å². The minimum atomic E-state index is -1.43. The van der Waals surface area contributed by atoms with Crippen LogP contribution in [0, 0.1) is 12.1 Å². The van der Waals surface area contributed by atoms with Crippen LogP contribution in [0.25, 0.3) is 0 Å². The van der Waals surface area contributed by atoms with Gasteiger partial charge in [-0.25, -0.2) is 15.0 Å². The number of likely N-dealkylation sites (N-methyl/N-ethyl adjacent to an activating group) is 2. The molecule has 1 fully saturated rings. The van der Waals surface area contributed by atoms with Crippen LogP contribution in [0.4, 0.5) is 17.2 Å². The number of anilines is 2. The van der Waals surface area contributed by atoms with E-state index in [1.807, 2.05) is 104 Å². The number of rotatable bonds is 8. The smallest absolute Gasteiger partial charge is 0.276 e. The van der Waals surface area contributed by atoms with Gasteiger partial charge in [-0.05, 0) is 116 Å². The summed E-state index contributed by atoms with van der Waals surface area (Å²) >= 11 is 12.1. The van der Waals surface area contributed by atoms with E-state index in [1.54, 1.807) is 37.4 Å². The van der Waals surface area contributed by atoms with Crippen molar-refractivity contribution in [2.45, 2.75) is 38.1 Å². The van der Waals surface area contributed by atoms with E-state index in [-0.39, 0.29) is 25.1 Å². The summed E-state index contributed by atoms with van der Waals surface area (Å²) in [5.74, 6) is 2.22. The number of piperazine rings is 1. The number of halogens is 3. The molecule has 8 aromatic rings. The molecule has 4 aliphatic heterocycles. The molecule has 1 saturated heterocycles. The second-order valence-corrected chi connectivity index (χ2v) is 20.5. The first-order chi connectivity index (χ1) is 39.0. The third kappa shape index (κ3) is 14.9. The van der Waals surface area contributed by atoms with Crippen molar-refractivity contribution >= 4 is 76.0 Å². The van der Waals surface area contributed by atoms with Gasteiger partial charge in [0.1, 0.15) is 17.7 Å². The summed E-state index contributed by atoms with van der Waals surface area (Å²) < 4.78 is 7.14. The van der Waals surface area contributed by atoms with Gasteiger partial charge in [-0.3, -0.25) is 4.79 Å². The number of nitrogens with one attached hydrogen (secondary N) is 3. The topological polar surface area (TPSA) is 153 Å². The highest BCUT2D eigenvalue weighted by molar-refractivity contribution is 6.32. The maximum absolute atomic E-state index is 12.6. The van der Waals surface area contributed by atoms with Crippen LogP contribution >= 0.6 is 35.6 Å². The standard InChI is InChI=1S/C17H19N3.C17H21NO.C16H14ClN3O.C15H11ClN2O2.ClH/c1-19-9-10-20-16(12-19)15-7-3-2-5-13(15)11-14-6-4-8-18-17(14)20;1-14-8-6-7-11-16(14)19-17(12-13-18-2)15-9-4-3-5-10-15;1-18-15-10-20(21)16(11-5-3-2-4-6-11)13-9-12(17)7-8-14(13)19-15;16-10-6-7-12-11(8-10)13(9-4-2-1-3-5-9)18-15(20)14(19)17-12;/h2-8,16H,9-12H2,1H3;3-11,17-18H,12-13H2,1-2H3;2-9H,10H2,1H3,(H,18,19);1-8,15,20H,(H,17,19);1H/t;17-;;;/m.1.../s1. The van der Waals surface area contributed by atoms with Gasteiger partial charge in [0, 0.05) is 72.5 Å². The number of hydroxylamine groups is 1. The summed E-state index contributed by atoms with van der Waals surface area (Å²) in [5.41, 5.74) is 12.2. The minimum Gasteiger partial charge on any atom is -0.623 e. The van der Waals surface area contributed by atoms with E-state index in [0.29, 0.717) is 44.6 Å². The number of carbonyl (C=O) groups is 1. The third-order valence-electron chi connectivity index (χ3n) is 14.1. The van der Waals surface area contributed by atoms with E-state index in [1.165, 1.54) is 33.6 Å². The highest BCUT2D eigenvalue weighted by atomic mass is 35.5. The second-order valence-electron chi connectivity index (χ2n) is 19.6. The number of nitrogens with zero attached hydrogens (tertiary/aromatic N) is 6. The first-order valence-electron chi connectivity index (χ1n) is 26.7. The zero-order valence-corrected chi connectivity index (χ0v) is 48.0. The third-order valence-corrected chi connectivity index (χ3v) is 14.6. The number of aliphatic imine (C=N–C) groups is 2. The lowest BCUT2D eigenvalue weighted by atomic mass is 9.96. The van der Waals surface area contributed by atoms with E-state index in [2.05, 4.69) is 121 Å². The Bertz CT molecular complexity index is 3500. The lowest BCUT2D eigenvalue weighted by molar-refractivity contribution is -0.439. The van der Waals surface area contributed by atoms with Crippen molar-refractivity contribution in [3.8, 4) is 5.75 Å². The van der Waals surface area contributed by atoms with E-state index < -0.39 is 12.1 Å². The number of aryl methyl sites for hydroxylation is 1. The number of amidine groups is 1. The molecular weight excluding hydrogens is 1080 g/mol. The molecule has 5 heterocycles. The Hall–Kier alpha value is -7.88. The molecule has 0 radical (unpaired) electrons. The van der Waals surface area contributed by atoms with Crippen LogP contribution in [0.15, 0.2) is 204 Å². The molecule has 4 aliphatic rings. The number of aromatic nitrogens is 1. The number of hydrogen-bond acceptors (Lipinski definition) is 11. The number of hydrogen-bond donors (Lipinski definition) is 4. The summed E-state index contributed by atoms with van der Waals surface area (Å²) in [7, 11) is 5.94. The van der Waals surface area contributed by atoms with Crippen LogP contribution in [-0.2, 0) is 11.2 Å². The van der Waals surface area contributed by atoms with Crippen molar-refractivity contribution in [1.29, 1.82) is 0 Å². The van der Waals surface area contributed by atoms with Gasteiger partial charge in [-0.2, -0.15) is 4.74 Å². The highest BCUT2D eigenvalue weighted by Gasteiger charge is 2.33. The lowest BCUT2D eigenvalue weighted by Gasteiger charge is -2.41. The predicted molar refractivity (Wildman–Crippen MR) is 332 cm³/mol. The van der Waals surface area contributed by atoms with Gasteiger partial charge in [-0.1, -0.05) is 151 Å². The summed E-state index contributed by atoms with van der Waals surface area (Å²) in [6.07, 6.45) is 2.53. The van der Waals surface area contributed by atoms with Gasteiger partial charge in [0.15, 0.2) is 5.84 Å². The average molecular weight is 1140 g/mol. The molecule has 1 aromatic heterocycles. The van der Waals surface area contributed by atoms with Gasteiger partial charge in [0.05, 0.1) is 28.7 Å². The Balaban J connectivity index is 0.000000141. The molecule has 3 atom stereocenters. The number of pyridine rings is 1. The van der Waals surface area contributed by atoms with Crippen molar-refractivity contribution in [3.63, 3.8) is 0 Å². The van der Waals surface area contributed by atoms with Crippen molar-refractivity contribution in [2.24, 2.45) is 9.98 Å². The Morgan fingerprint density at radius 1 is 0.778 bits per heavy atom. The quantitative estimate of drug-likeness (QED) is 0.0860. The normalized spacial score (nSPS) is 16.3. The SMILES string of the molecule is CN1CCN2c3ncccc3Cc3ccccc3C2C1.CNC1=Nc2ccc(Cl)cc2C(c2ccccc2)=[N+]([O-])C1.CNCC[C@@H](Oc1ccccc1C)c1ccccc1.Cl.O=C1Nc2ccc(Cl)cc2C(c2ccccc2)=NC1O. The maximum Gasteiger partial charge on any atom is 0.276 e. The fraction of sp³-hybridized carbons (Fsp3) is 0.215. The molecule has 4 N–H and O–H groups in total. The van der Waals surface area contributed by atoms with Gasteiger partial charge < -0.3 is 40.8 Å². The molecule has 0 spiro atoms. The fourth-order valence-electron chi connectivity index (χ4n) is 10.0. The molecule has 16 heteroatoms. The number of amides is 1. The summed E-state index contributed by atoms with van der Waals surface area (Å²) in [4.78, 5) is 30.0. The Kier molecular flexibility index (Phi) is 20.9. The van der Waals surface area contributed by atoms with Crippen molar-refractivity contribution < 1.29 is 19.4 Å². The van der Waals surface area contributed by atoms with Crippen LogP contribution in [0.3, 0.4) is 0 Å². The van der Waals surface area contributed by atoms with Crippen LogP contribution in [0.5, 0.6) is 5.75 Å². The van der Waals surface area contributed by atoms with Crippen molar-refractivity contribution in [3.05, 3.63) is 260 Å². The largest absolute Gasteiger partial charge is 0.623 e. The van der Waals surface area contributed by atoms with Crippen molar-refractivity contribution in [2.75, 3.05) is 64.1 Å². The van der Waals surface area contributed by atoms with E-state index in [9.17, 15) is 15.1 Å². The molecule has 12 rings (SSSR count). The molecule has 0 aliphatic carbocycles. The molecule has 0 saturated carbocycles.